The summed E-state index contributed by atoms with van der Waals surface area (Å²) in [4.78, 5) is 2.29. The van der Waals surface area contributed by atoms with Gasteiger partial charge in [-0.15, -0.1) is 5.10 Å². The SMILES string of the molecule is CCN(CC)c1ccc(C2C(C#N)=C(N)Oc3n[nH]c(-c4ccc(CC(C)C)cc4)c32)cc1. The topological polar surface area (TPSA) is 91.0 Å². The molecule has 170 valence electrons. The van der Waals surface area contributed by atoms with E-state index in [9.17, 15) is 5.26 Å². The van der Waals surface area contributed by atoms with Gasteiger partial charge in [-0.25, -0.2) is 0 Å². The lowest BCUT2D eigenvalue weighted by atomic mass is 9.83. The Hall–Kier alpha value is -3.72. The van der Waals surface area contributed by atoms with E-state index in [-0.39, 0.29) is 11.8 Å². The van der Waals surface area contributed by atoms with Crippen LogP contribution in [0.2, 0.25) is 0 Å². The highest BCUT2D eigenvalue weighted by Crippen LogP contribution is 2.45. The Labute approximate surface area is 195 Å². The van der Waals surface area contributed by atoms with Gasteiger partial charge in [0.25, 0.3) is 0 Å². The minimum atomic E-state index is -0.353. The Kier molecular flexibility index (Phi) is 6.41. The second-order valence-corrected chi connectivity index (χ2v) is 8.80. The summed E-state index contributed by atoms with van der Waals surface area (Å²) in [5.41, 5.74) is 12.7. The van der Waals surface area contributed by atoms with Crippen LogP contribution in [0.15, 0.2) is 60.0 Å². The van der Waals surface area contributed by atoms with E-state index in [1.165, 1.54) is 5.56 Å². The average Bonchev–Trinajstić information content (AvgIpc) is 3.23. The van der Waals surface area contributed by atoms with Crippen LogP contribution < -0.4 is 15.4 Å². The minimum Gasteiger partial charge on any atom is -0.420 e. The molecule has 1 aliphatic rings. The zero-order valence-corrected chi connectivity index (χ0v) is 19.7. The number of allylic oxidation sites excluding steroid dienone is 1. The number of nitriles is 1. The first-order valence-electron chi connectivity index (χ1n) is 11.6. The van der Waals surface area contributed by atoms with Gasteiger partial charge < -0.3 is 15.4 Å². The van der Waals surface area contributed by atoms with Crippen LogP contribution in [0.4, 0.5) is 5.69 Å². The highest BCUT2D eigenvalue weighted by molar-refractivity contribution is 5.71. The van der Waals surface area contributed by atoms with E-state index in [0.717, 1.165) is 47.6 Å². The Balaban J connectivity index is 1.78. The van der Waals surface area contributed by atoms with Crippen molar-refractivity contribution in [1.82, 2.24) is 10.2 Å². The third-order valence-electron chi connectivity index (χ3n) is 6.18. The number of nitrogens with one attached hydrogen (secondary N) is 1. The molecule has 0 spiro atoms. The first kappa shape index (κ1) is 22.5. The monoisotopic (exact) mass is 441 g/mol. The summed E-state index contributed by atoms with van der Waals surface area (Å²) >= 11 is 0. The highest BCUT2D eigenvalue weighted by atomic mass is 16.5. The standard InChI is InChI=1S/C27H31N5O/c1-5-32(6-2)21-13-11-19(12-14-21)23-22(16-28)26(29)33-27-24(23)25(30-31-27)20-9-7-18(8-10-20)15-17(3)4/h7-14,17,23H,5-6,15,29H2,1-4H3,(H,30,31). The Bertz CT molecular complexity index is 1180. The number of aromatic nitrogens is 2. The molecule has 2 aromatic carbocycles. The van der Waals surface area contributed by atoms with Crippen LogP contribution in [-0.4, -0.2) is 23.3 Å². The molecule has 3 aromatic rings. The van der Waals surface area contributed by atoms with E-state index in [0.29, 0.717) is 17.4 Å². The summed E-state index contributed by atoms with van der Waals surface area (Å²) in [5.74, 6) is 0.770. The summed E-state index contributed by atoms with van der Waals surface area (Å²) in [6, 6.07) is 19.1. The van der Waals surface area contributed by atoms with Crippen LogP contribution in [0.25, 0.3) is 11.3 Å². The number of fused-ring (bicyclic) bond motifs is 1. The maximum Gasteiger partial charge on any atom is 0.244 e. The fourth-order valence-electron chi connectivity index (χ4n) is 4.54. The fourth-order valence-corrected chi connectivity index (χ4v) is 4.54. The van der Waals surface area contributed by atoms with Crippen LogP contribution in [0.5, 0.6) is 5.88 Å². The van der Waals surface area contributed by atoms with Gasteiger partial charge in [-0.2, -0.15) is 5.26 Å². The number of nitrogens with two attached hydrogens (primary N) is 1. The van der Waals surface area contributed by atoms with E-state index >= 15 is 0 Å². The molecule has 0 saturated heterocycles. The van der Waals surface area contributed by atoms with Gasteiger partial charge in [-0.05, 0) is 49.4 Å². The van der Waals surface area contributed by atoms with E-state index < -0.39 is 0 Å². The van der Waals surface area contributed by atoms with Crippen LogP contribution >= 0.6 is 0 Å². The molecule has 6 heteroatoms. The number of H-pyrrole nitrogens is 1. The molecule has 3 N–H and O–H groups in total. The van der Waals surface area contributed by atoms with Crippen molar-refractivity contribution in [2.45, 2.75) is 40.0 Å². The lowest BCUT2D eigenvalue weighted by molar-refractivity contribution is 0.379. The number of nitrogens with zero attached hydrogens (tertiary/aromatic N) is 3. The van der Waals surface area contributed by atoms with Crippen molar-refractivity contribution in [2.24, 2.45) is 11.7 Å². The molecule has 4 rings (SSSR count). The summed E-state index contributed by atoms with van der Waals surface area (Å²) in [5, 5.41) is 17.5. The lowest BCUT2D eigenvalue weighted by Crippen LogP contribution is -2.22. The number of rotatable bonds is 7. The predicted molar refractivity (Wildman–Crippen MR) is 132 cm³/mol. The van der Waals surface area contributed by atoms with Gasteiger partial charge in [-0.3, -0.25) is 5.10 Å². The maximum absolute atomic E-state index is 9.95. The largest absolute Gasteiger partial charge is 0.420 e. The number of aromatic amines is 1. The number of ether oxygens (including phenoxy) is 1. The summed E-state index contributed by atoms with van der Waals surface area (Å²) < 4.78 is 5.75. The molecule has 6 nitrogen and oxygen atoms in total. The Morgan fingerprint density at radius 3 is 2.33 bits per heavy atom. The molecule has 0 aliphatic carbocycles. The third kappa shape index (κ3) is 4.31. The Morgan fingerprint density at radius 2 is 1.76 bits per heavy atom. The Morgan fingerprint density at radius 1 is 1.09 bits per heavy atom. The van der Waals surface area contributed by atoms with Crippen LogP contribution in [0, 0.1) is 17.2 Å². The number of hydrogen-bond acceptors (Lipinski definition) is 5. The van der Waals surface area contributed by atoms with E-state index in [1.54, 1.807) is 0 Å². The van der Waals surface area contributed by atoms with E-state index in [1.807, 2.05) is 0 Å². The highest BCUT2D eigenvalue weighted by Gasteiger charge is 2.35. The first-order valence-corrected chi connectivity index (χ1v) is 11.6. The third-order valence-corrected chi connectivity index (χ3v) is 6.18. The summed E-state index contributed by atoms with van der Waals surface area (Å²) in [7, 11) is 0. The van der Waals surface area contributed by atoms with Gasteiger partial charge in [0.15, 0.2) is 0 Å². The predicted octanol–water partition coefficient (Wildman–Crippen LogP) is 5.34. The normalized spacial score (nSPS) is 15.2. The van der Waals surface area contributed by atoms with E-state index in [4.69, 9.17) is 10.5 Å². The molecule has 2 heterocycles. The fraction of sp³-hybridized carbons (Fsp3) is 0.333. The van der Waals surface area contributed by atoms with Crippen molar-refractivity contribution >= 4 is 5.69 Å². The lowest BCUT2D eigenvalue weighted by Gasteiger charge is -2.25. The van der Waals surface area contributed by atoms with Gasteiger partial charge >= 0.3 is 0 Å². The number of benzene rings is 2. The average molecular weight is 442 g/mol. The molecule has 0 fully saturated rings. The molecule has 1 aliphatic heterocycles. The van der Waals surface area contributed by atoms with E-state index in [2.05, 4.69) is 97.4 Å². The van der Waals surface area contributed by atoms with Gasteiger partial charge in [0.05, 0.1) is 17.2 Å². The van der Waals surface area contributed by atoms with Crippen LogP contribution in [0.1, 0.15) is 50.3 Å². The molecule has 33 heavy (non-hydrogen) atoms. The molecule has 0 amide bonds. The second-order valence-electron chi connectivity index (χ2n) is 8.80. The first-order chi connectivity index (χ1) is 16.0. The minimum absolute atomic E-state index is 0.105. The van der Waals surface area contributed by atoms with Crippen LogP contribution in [-0.2, 0) is 6.42 Å². The van der Waals surface area contributed by atoms with Gasteiger partial charge in [0, 0.05) is 24.3 Å². The zero-order valence-electron chi connectivity index (χ0n) is 19.7. The summed E-state index contributed by atoms with van der Waals surface area (Å²) in [6.45, 7) is 10.6. The van der Waals surface area contributed by atoms with Crippen molar-refractivity contribution in [1.29, 1.82) is 5.26 Å². The van der Waals surface area contributed by atoms with Gasteiger partial charge in [0.1, 0.15) is 11.6 Å². The zero-order chi connectivity index (χ0) is 23.5. The second kappa shape index (κ2) is 9.41. The molecule has 1 unspecified atom stereocenters. The molecule has 1 atom stereocenters. The summed E-state index contributed by atoms with van der Waals surface area (Å²) in [6.07, 6.45) is 1.03. The van der Waals surface area contributed by atoms with Crippen molar-refractivity contribution in [3.63, 3.8) is 0 Å². The smallest absolute Gasteiger partial charge is 0.244 e. The maximum atomic E-state index is 9.95. The molecule has 1 aromatic heterocycles. The van der Waals surface area contributed by atoms with Gasteiger partial charge in [-0.1, -0.05) is 50.2 Å². The molecular weight excluding hydrogens is 410 g/mol. The molecule has 0 radical (unpaired) electrons. The van der Waals surface area contributed by atoms with Crippen molar-refractivity contribution in [2.75, 3.05) is 18.0 Å². The van der Waals surface area contributed by atoms with Crippen molar-refractivity contribution in [3.8, 4) is 23.2 Å². The molecule has 0 saturated carbocycles. The van der Waals surface area contributed by atoms with Crippen molar-refractivity contribution < 1.29 is 4.74 Å². The molecular formula is C27H31N5O. The number of anilines is 1. The quantitative estimate of drug-likeness (QED) is 0.516. The number of hydrogen-bond donors (Lipinski definition) is 2. The van der Waals surface area contributed by atoms with Crippen molar-refractivity contribution in [3.05, 3.63) is 76.7 Å². The molecule has 0 bridgehead atoms. The van der Waals surface area contributed by atoms with Gasteiger partial charge in [0.2, 0.25) is 11.8 Å². The van der Waals surface area contributed by atoms with Crippen LogP contribution in [0.3, 0.4) is 0 Å².